The van der Waals surface area contributed by atoms with E-state index in [1.807, 2.05) is 0 Å². The first-order valence-electron chi connectivity index (χ1n) is 10.3. The van der Waals surface area contributed by atoms with Crippen LogP contribution in [0.5, 0.6) is 0 Å². The molecular weight excluding hydrogens is 419 g/mol. The summed E-state index contributed by atoms with van der Waals surface area (Å²) in [6.45, 7) is 27.4. The van der Waals surface area contributed by atoms with Gasteiger partial charge in [0.15, 0.2) is 29.3 Å². The maximum Gasteiger partial charge on any atom is 0.492 e. The van der Waals surface area contributed by atoms with Crippen LogP contribution in [0.4, 0.5) is 0 Å². The Morgan fingerprint density at radius 3 is 1.43 bits per heavy atom. The quantitative estimate of drug-likeness (QED) is 0.400. The van der Waals surface area contributed by atoms with E-state index in [1.54, 1.807) is 6.92 Å². The highest BCUT2D eigenvalue weighted by molar-refractivity contribution is 6.75. The van der Waals surface area contributed by atoms with Crippen LogP contribution in [0, 0.1) is 0 Å². The zero-order valence-corrected chi connectivity index (χ0v) is 25.5. The van der Waals surface area contributed by atoms with Crippen molar-refractivity contribution in [1.29, 1.82) is 0 Å². The standard InChI is InChI=1S/C19H45NO4Si4/c1-13-15(20-16(21)14(2)3)28(22-25-17(4,5)6,23-26-18(7,8)9)24-27-19(10,11)12/h15H,2,13,25-27H2,1,3-12H3,(H,20,21). The fourth-order valence-corrected chi connectivity index (χ4v) is 16.2. The Morgan fingerprint density at radius 1 is 0.893 bits per heavy atom. The SMILES string of the molecule is C=C(C)C(=O)NC(CC)[Si](O[SiH2]C(C)(C)C)(O[SiH2]C(C)(C)C)O[SiH2]C(C)(C)C. The largest absolute Gasteiger partial charge is 0.492 e. The highest BCUT2D eigenvalue weighted by atomic mass is 28.5. The highest BCUT2D eigenvalue weighted by Crippen LogP contribution is 2.30. The van der Waals surface area contributed by atoms with Crippen molar-refractivity contribution in [2.75, 3.05) is 0 Å². The molecule has 0 rings (SSSR count). The van der Waals surface area contributed by atoms with Crippen LogP contribution in [0.2, 0.25) is 15.1 Å². The molecule has 166 valence electrons. The van der Waals surface area contributed by atoms with E-state index in [0.717, 1.165) is 6.42 Å². The van der Waals surface area contributed by atoms with Gasteiger partial charge in [0.2, 0.25) is 5.91 Å². The molecule has 1 amide bonds. The molecule has 0 radical (unpaired) electrons. The fraction of sp³-hybridized carbons (Fsp3) is 0.842. The Kier molecular flexibility index (Phi) is 10.8. The Balaban J connectivity index is 5.98. The molecule has 0 spiro atoms. The van der Waals surface area contributed by atoms with E-state index < -0.39 is 38.1 Å². The summed E-state index contributed by atoms with van der Waals surface area (Å²) in [7, 11) is -5.77. The highest BCUT2D eigenvalue weighted by Gasteiger charge is 2.50. The van der Waals surface area contributed by atoms with E-state index in [0.29, 0.717) is 5.57 Å². The first kappa shape index (κ1) is 28.0. The number of carbonyl (C=O) groups excluding carboxylic acids is 1. The molecule has 0 aliphatic rings. The van der Waals surface area contributed by atoms with E-state index in [-0.39, 0.29) is 26.7 Å². The molecule has 0 aromatic carbocycles. The molecule has 0 fully saturated rings. The lowest BCUT2D eigenvalue weighted by Gasteiger charge is -2.41. The number of rotatable bonds is 10. The summed E-state index contributed by atoms with van der Waals surface area (Å²) in [6, 6.07) is 0. The third-order valence-electron chi connectivity index (χ3n) is 3.65. The Morgan fingerprint density at radius 2 is 1.21 bits per heavy atom. The van der Waals surface area contributed by atoms with E-state index in [9.17, 15) is 4.79 Å². The average molecular weight is 464 g/mol. The van der Waals surface area contributed by atoms with Gasteiger partial charge in [0.1, 0.15) is 0 Å². The molecule has 28 heavy (non-hydrogen) atoms. The maximum atomic E-state index is 12.4. The van der Waals surface area contributed by atoms with Gasteiger partial charge in [0.25, 0.3) is 0 Å². The van der Waals surface area contributed by atoms with Crippen molar-refractivity contribution in [3.63, 3.8) is 0 Å². The summed E-state index contributed by atoms with van der Waals surface area (Å²) in [6.07, 6.45) is 0.723. The first-order chi connectivity index (χ1) is 12.4. The van der Waals surface area contributed by atoms with Crippen LogP contribution in [0.25, 0.3) is 0 Å². The van der Waals surface area contributed by atoms with Crippen LogP contribution >= 0.6 is 0 Å². The lowest BCUT2D eigenvalue weighted by atomic mass is 10.3. The maximum absolute atomic E-state index is 12.4. The molecule has 0 aliphatic carbocycles. The minimum absolute atomic E-state index is 0.119. The topological polar surface area (TPSA) is 56.8 Å². The number of amides is 1. The van der Waals surface area contributed by atoms with Crippen molar-refractivity contribution in [3.05, 3.63) is 12.2 Å². The lowest BCUT2D eigenvalue weighted by molar-refractivity contribution is -0.118. The van der Waals surface area contributed by atoms with E-state index in [2.05, 4.69) is 81.1 Å². The third-order valence-corrected chi connectivity index (χ3v) is 14.2. The van der Waals surface area contributed by atoms with E-state index >= 15 is 0 Å². The van der Waals surface area contributed by atoms with Gasteiger partial charge in [-0.1, -0.05) is 75.8 Å². The fourth-order valence-electron chi connectivity index (χ4n) is 2.10. The molecule has 0 saturated carbocycles. The van der Waals surface area contributed by atoms with Gasteiger partial charge in [-0.05, 0) is 28.5 Å². The minimum Gasteiger partial charge on any atom is -0.421 e. The second-order valence-corrected chi connectivity index (χ2v) is 24.0. The molecular formula is C19H45NO4Si4. The molecule has 5 nitrogen and oxygen atoms in total. The van der Waals surface area contributed by atoms with Gasteiger partial charge in [-0.25, -0.2) is 0 Å². The molecule has 0 saturated heterocycles. The summed E-state index contributed by atoms with van der Waals surface area (Å²) < 4.78 is 20.0. The molecule has 1 unspecified atom stereocenters. The molecule has 1 atom stereocenters. The van der Waals surface area contributed by atoms with Crippen molar-refractivity contribution in [1.82, 2.24) is 5.32 Å². The van der Waals surface area contributed by atoms with E-state index in [4.69, 9.17) is 12.3 Å². The molecule has 0 aliphatic heterocycles. The Labute approximate surface area is 182 Å². The van der Waals surface area contributed by atoms with Gasteiger partial charge in [0, 0.05) is 5.57 Å². The van der Waals surface area contributed by atoms with Crippen LogP contribution in [0.3, 0.4) is 0 Å². The number of hydrogen-bond acceptors (Lipinski definition) is 4. The van der Waals surface area contributed by atoms with Gasteiger partial charge in [0.05, 0.1) is 5.67 Å². The Bertz CT molecular complexity index is 476. The Hall–Kier alpha value is -0.0425. The minimum atomic E-state index is -3.05. The van der Waals surface area contributed by atoms with Gasteiger partial charge in [-0.3, -0.25) is 4.79 Å². The summed E-state index contributed by atoms with van der Waals surface area (Å²) in [4.78, 5) is 12.4. The normalized spacial score (nSPS) is 17.7. The van der Waals surface area contributed by atoms with Crippen molar-refractivity contribution in [2.24, 2.45) is 0 Å². The zero-order valence-electron chi connectivity index (χ0n) is 20.2. The van der Waals surface area contributed by atoms with Crippen molar-refractivity contribution in [2.45, 2.75) is 103 Å². The molecule has 0 bridgehead atoms. The smallest absolute Gasteiger partial charge is 0.421 e. The van der Waals surface area contributed by atoms with Crippen LogP contribution in [0.15, 0.2) is 12.2 Å². The number of hydrogen-bond donors (Lipinski definition) is 1. The van der Waals surface area contributed by atoms with Gasteiger partial charge >= 0.3 is 8.80 Å². The predicted molar refractivity (Wildman–Crippen MR) is 131 cm³/mol. The summed E-state index contributed by atoms with van der Waals surface area (Å²) >= 11 is 0. The number of carbonyl (C=O) groups is 1. The van der Waals surface area contributed by atoms with Crippen molar-refractivity contribution >= 4 is 44.0 Å². The van der Waals surface area contributed by atoms with Gasteiger partial charge < -0.3 is 17.7 Å². The van der Waals surface area contributed by atoms with Gasteiger partial charge in [-0.15, -0.1) is 0 Å². The third kappa shape index (κ3) is 11.8. The van der Waals surface area contributed by atoms with Crippen LogP contribution in [-0.2, 0) is 17.1 Å². The molecule has 9 heteroatoms. The second-order valence-electron chi connectivity index (χ2n) is 11.4. The monoisotopic (exact) mass is 463 g/mol. The molecule has 0 aromatic heterocycles. The second kappa shape index (κ2) is 10.8. The first-order valence-corrected chi connectivity index (χ1v) is 15.9. The zero-order chi connectivity index (χ0) is 22.4. The molecule has 0 aromatic rings. The van der Waals surface area contributed by atoms with Crippen LogP contribution in [-0.4, -0.2) is 49.7 Å². The van der Waals surface area contributed by atoms with Crippen LogP contribution in [0.1, 0.15) is 82.6 Å². The molecule has 0 heterocycles. The van der Waals surface area contributed by atoms with Gasteiger partial charge in [-0.2, -0.15) is 0 Å². The number of nitrogens with one attached hydrogen (secondary N) is 1. The summed E-state index contributed by atoms with van der Waals surface area (Å²) in [5, 5.41) is 3.49. The van der Waals surface area contributed by atoms with Crippen molar-refractivity contribution in [3.8, 4) is 0 Å². The summed E-state index contributed by atoms with van der Waals surface area (Å²) in [5.41, 5.74) is 0.270. The lowest BCUT2D eigenvalue weighted by Crippen LogP contribution is -2.65. The van der Waals surface area contributed by atoms with Crippen LogP contribution < -0.4 is 5.32 Å². The summed E-state index contributed by atoms with van der Waals surface area (Å²) in [5.74, 6) is -0.146. The predicted octanol–water partition coefficient (Wildman–Crippen LogP) is 2.89. The average Bonchev–Trinajstić information content (AvgIpc) is 2.49. The molecule has 1 N–H and O–H groups in total. The van der Waals surface area contributed by atoms with E-state index in [1.165, 1.54) is 0 Å². The van der Waals surface area contributed by atoms with Crippen molar-refractivity contribution < 1.29 is 17.1 Å².